The van der Waals surface area contributed by atoms with Gasteiger partial charge in [0.1, 0.15) is 0 Å². The number of carbonyl (C=O) groups is 1. The van der Waals surface area contributed by atoms with Crippen molar-refractivity contribution in [2.75, 3.05) is 11.5 Å². The highest BCUT2D eigenvalue weighted by atomic mass is 79.9. The number of urea groups is 1. The Hall–Kier alpha value is -1.34. The summed E-state index contributed by atoms with van der Waals surface area (Å²) in [7, 11) is -2.97. The second kappa shape index (κ2) is 6.41. The van der Waals surface area contributed by atoms with E-state index >= 15 is 0 Å². The third-order valence-corrected chi connectivity index (χ3v) is 5.22. The molecule has 1 aromatic rings. The van der Waals surface area contributed by atoms with Gasteiger partial charge in [-0.25, -0.2) is 13.2 Å². The maximum absolute atomic E-state index is 11.6. The van der Waals surface area contributed by atoms with E-state index in [1.165, 1.54) is 6.20 Å². The number of amides is 2. The van der Waals surface area contributed by atoms with Crippen LogP contribution in [0, 0.1) is 0 Å². The highest BCUT2D eigenvalue weighted by molar-refractivity contribution is 9.10. The minimum atomic E-state index is -2.97. The van der Waals surface area contributed by atoms with Gasteiger partial charge in [-0.2, -0.15) is 0 Å². The van der Waals surface area contributed by atoms with Gasteiger partial charge in [-0.1, -0.05) is 28.1 Å². The van der Waals surface area contributed by atoms with E-state index in [2.05, 4.69) is 26.6 Å². The van der Waals surface area contributed by atoms with E-state index in [-0.39, 0.29) is 23.6 Å². The SMILES string of the molecule is O=C(N/C=C/c1ccc(Br)cc1)NC1CCS(=O)(=O)C1. The summed E-state index contributed by atoms with van der Waals surface area (Å²) in [6, 6.07) is 6.95. The number of halogens is 1. The Kier molecular flexibility index (Phi) is 4.82. The molecule has 0 aliphatic carbocycles. The van der Waals surface area contributed by atoms with Crippen molar-refractivity contribution in [1.82, 2.24) is 10.6 Å². The maximum Gasteiger partial charge on any atom is 0.319 e. The molecule has 1 atom stereocenters. The summed E-state index contributed by atoms with van der Waals surface area (Å²) >= 11 is 3.34. The van der Waals surface area contributed by atoms with Gasteiger partial charge in [0.05, 0.1) is 11.5 Å². The molecule has 0 spiro atoms. The lowest BCUT2D eigenvalue weighted by Gasteiger charge is -2.09. The molecule has 0 radical (unpaired) electrons. The first-order valence-electron chi connectivity index (χ1n) is 6.14. The molecular formula is C13H15BrN2O3S. The molecule has 1 saturated heterocycles. The first kappa shape index (κ1) is 15.1. The molecule has 1 aromatic carbocycles. The Labute approximate surface area is 126 Å². The average molecular weight is 359 g/mol. The fourth-order valence-electron chi connectivity index (χ4n) is 1.92. The first-order valence-corrected chi connectivity index (χ1v) is 8.76. The second-order valence-electron chi connectivity index (χ2n) is 4.60. The van der Waals surface area contributed by atoms with Gasteiger partial charge >= 0.3 is 6.03 Å². The van der Waals surface area contributed by atoms with Crippen molar-refractivity contribution < 1.29 is 13.2 Å². The standard InChI is InChI=1S/C13H15BrN2O3S/c14-11-3-1-10(2-4-11)5-7-15-13(17)16-12-6-8-20(18,19)9-12/h1-5,7,12H,6,8-9H2,(H2,15,16,17)/b7-5+. The van der Waals surface area contributed by atoms with Crippen LogP contribution in [0.4, 0.5) is 4.79 Å². The van der Waals surface area contributed by atoms with Crippen molar-refractivity contribution in [3.8, 4) is 0 Å². The van der Waals surface area contributed by atoms with Crippen molar-refractivity contribution >= 4 is 37.9 Å². The van der Waals surface area contributed by atoms with Gasteiger partial charge in [-0.15, -0.1) is 0 Å². The topological polar surface area (TPSA) is 75.3 Å². The van der Waals surface area contributed by atoms with Crippen LogP contribution in [-0.2, 0) is 9.84 Å². The van der Waals surface area contributed by atoms with Crippen LogP contribution in [0.2, 0.25) is 0 Å². The lowest BCUT2D eigenvalue weighted by molar-refractivity contribution is 0.241. The summed E-state index contributed by atoms with van der Waals surface area (Å²) in [6.45, 7) is 0. The van der Waals surface area contributed by atoms with E-state index in [4.69, 9.17) is 0 Å². The number of sulfone groups is 1. The van der Waals surface area contributed by atoms with Crippen LogP contribution >= 0.6 is 15.9 Å². The van der Waals surface area contributed by atoms with Crippen molar-refractivity contribution in [3.05, 3.63) is 40.5 Å². The fraction of sp³-hybridized carbons (Fsp3) is 0.308. The predicted molar refractivity (Wildman–Crippen MR) is 81.9 cm³/mol. The molecule has 1 heterocycles. The Bertz CT molecular complexity index is 611. The number of rotatable bonds is 3. The zero-order valence-corrected chi connectivity index (χ0v) is 13.1. The summed E-state index contributed by atoms with van der Waals surface area (Å²) in [6.07, 6.45) is 3.77. The summed E-state index contributed by atoms with van der Waals surface area (Å²) < 4.78 is 23.5. The summed E-state index contributed by atoms with van der Waals surface area (Å²) in [4.78, 5) is 11.6. The van der Waals surface area contributed by atoms with Crippen LogP contribution < -0.4 is 10.6 Å². The molecule has 1 aliphatic heterocycles. The monoisotopic (exact) mass is 358 g/mol. The average Bonchev–Trinajstić information content (AvgIpc) is 2.71. The van der Waals surface area contributed by atoms with Crippen LogP contribution in [0.15, 0.2) is 34.9 Å². The molecule has 1 aliphatic rings. The number of hydrogen-bond donors (Lipinski definition) is 2. The fourth-order valence-corrected chi connectivity index (χ4v) is 3.86. The Morgan fingerprint density at radius 1 is 1.30 bits per heavy atom. The molecule has 5 nitrogen and oxygen atoms in total. The van der Waals surface area contributed by atoms with Gasteiger partial charge in [0, 0.05) is 16.7 Å². The van der Waals surface area contributed by atoms with Gasteiger partial charge < -0.3 is 10.6 Å². The molecule has 2 N–H and O–H groups in total. The molecule has 0 bridgehead atoms. The first-order chi connectivity index (χ1) is 9.44. The van der Waals surface area contributed by atoms with E-state index in [1.54, 1.807) is 6.08 Å². The molecular weight excluding hydrogens is 344 g/mol. The van der Waals surface area contributed by atoms with Crippen LogP contribution in [-0.4, -0.2) is 32.0 Å². The summed E-state index contributed by atoms with van der Waals surface area (Å²) in [5.41, 5.74) is 0.956. The maximum atomic E-state index is 11.6. The minimum absolute atomic E-state index is 0.0246. The van der Waals surface area contributed by atoms with Crippen molar-refractivity contribution in [3.63, 3.8) is 0 Å². The van der Waals surface area contributed by atoms with Gasteiger partial charge in [-0.05, 0) is 30.2 Å². The van der Waals surface area contributed by atoms with Crippen molar-refractivity contribution in [2.24, 2.45) is 0 Å². The number of carbonyl (C=O) groups excluding carboxylic acids is 1. The van der Waals surface area contributed by atoms with E-state index in [9.17, 15) is 13.2 Å². The molecule has 2 rings (SSSR count). The van der Waals surface area contributed by atoms with Gasteiger partial charge in [0.2, 0.25) is 0 Å². The Morgan fingerprint density at radius 2 is 2.00 bits per heavy atom. The number of hydrogen-bond acceptors (Lipinski definition) is 3. The number of benzene rings is 1. The lowest BCUT2D eigenvalue weighted by Crippen LogP contribution is -2.40. The third kappa shape index (κ3) is 4.64. The highest BCUT2D eigenvalue weighted by Crippen LogP contribution is 2.12. The largest absolute Gasteiger partial charge is 0.334 e. The van der Waals surface area contributed by atoms with Crippen LogP contribution in [0.5, 0.6) is 0 Å². The normalized spacial score (nSPS) is 20.9. The Morgan fingerprint density at radius 3 is 2.60 bits per heavy atom. The van der Waals surface area contributed by atoms with Crippen LogP contribution in [0.3, 0.4) is 0 Å². The molecule has 0 aromatic heterocycles. The van der Waals surface area contributed by atoms with Crippen molar-refractivity contribution in [1.29, 1.82) is 0 Å². The second-order valence-corrected chi connectivity index (χ2v) is 7.75. The van der Waals surface area contributed by atoms with E-state index in [0.717, 1.165) is 10.0 Å². The van der Waals surface area contributed by atoms with Crippen LogP contribution in [0.25, 0.3) is 6.08 Å². The molecule has 1 fully saturated rings. The smallest absolute Gasteiger partial charge is 0.319 e. The summed E-state index contributed by atoms with van der Waals surface area (Å²) in [5.74, 6) is 0.170. The number of nitrogens with one attached hydrogen (secondary N) is 2. The molecule has 0 saturated carbocycles. The Balaban J connectivity index is 1.79. The molecule has 20 heavy (non-hydrogen) atoms. The third-order valence-electron chi connectivity index (χ3n) is 2.93. The predicted octanol–water partition coefficient (Wildman–Crippen LogP) is 1.91. The van der Waals surface area contributed by atoms with E-state index in [1.807, 2.05) is 24.3 Å². The minimum Gasteiger partial charge on any atom is -0.334 e. The van der Waals surface area contributed by atoms with Crippen LogP contribution in [0.1, 0.15) is 12.0 Å². The van der Waals surface area contributed by atoms with Crippen molar-refractivity contribution in [2.45, 2.75) is 12.5 Å². The van der Waals surface area contributed by atoms with Gasteiger partial charge in [0.25, 0.3) is 0 Å². The zero-order valence-electron chi connectivity index (χ0n) is 10.7. The van der Waals surface area contributed by atoms with E-state index in [0.29, 0.717) is 6.42 Å². The zero-order chi connectivity index (χ0) is 14.6. The molecule has 108 valence electrons. The van der Waals surface area contributed by atoms with Gasteiger partial charge in [-0.3, -0.25) is 0 Å². The molecule has 7 heteroatoms. The quantitative estimate of drug-likeness (QED) is 0.866. The van der Waals surface area contributed by atoms with E-state index < -0.39 is 9.84 Å². The summed E-state index contributed by atoms with van der Waals surface area (Å²) in [5, 5.41) is 5.20. The van der Waals surface area contributed by atoms with Gasteiger partial charge in [0.15, 0.2) is 9.84 Å². The highest BCUT2D eigenvalue weighted by Gasteiger charge is 2.28. The molecule has 1 unspecified atom stereocenters. The molecule has 2 amide bonds. The lowest BCUT2D eigenvalue weighted by atomic mass is 10.2.